The molecular formula is C19H28FN3O2. The molecule has 3 rings (SSSR count). The van der Waals surface area contributed by atoms with Crippen LogP contribution in [-0.4, -0.2) is 79.6 Å². The average molecular weight is 349 g/mol. The predicted octanol–water partition coefficient (Wildman–Crippen LogP) is 2.08. The minimum absolute atomic E-state index is 0.0753. The molecule has 0 N–H and O–H groups in total. The van der Waals surface area contributed by atoms with Gasteiger partial charge in [-0.1, -0.05) is 6.07 Å². The number of hydrogen-bond donors (Lipinski definition) is 0. The maximum absolute atomic E-state index is 14.0. The van der Waals surface area contributed by atoms with Crippen LogP contribution in [0.4, 0.5) is 4.39 Å². The van der Waals surface area contributed by atoms with Gasteiger partial charge in [0.25, 0.3) is 5.91 Å². The van der Waals surface area contributed by atoms with E-state index in [1.54, 1.807) is 19.1 Å². The quantitative estimate of drug-likeness (QED) is 0.834. The summed E-state index contributed by atoms with van der Waals surface area (Å²) in [6.07, 6.45) is 2.47. The lowest BCUT2D eigenvalue weighted by molar-refractivity contribution is 0.0449. The molecule has 2 aliphatic rings. The van der Waals surface area contributed by atoms with Crippen molar-refractivity contribution in [3.8, 4) is 5.75 Å². The summed E-state index contributed by atoms with van der Waals surface area (Å²) >= 11 is 0. The maximum atomic E-state index is 14.0. The molecule has 25 heavy (non-hydrogen) atoms. The Labute approximate surface area is 149 Å². The zero-order valence-electron chi connectivity index (χ0n) is 15.2. The van der Waals surface area contributed by atoms with Crippen molar-refractivity contribution in [3.05, 3.63) is 29.6 Å². The van der Waals surface area contributed by atoms with Crippen LogP contribution in [0, 0.1) is 5.82 Å². The molecule has 138 valence electrons. The van der Waals surface area contributed by atoms with Crippen LogP contribution in [0.2, 0.25) is 0 Å². The van der Waals surface area contributed by atoms with Gasteiger partial charge in [0, 0.05) is 38.8 Å². The van der Waals surface area contributed by atoms with Crippen molar-refractivity contribution in [2.75, 3.05) is 52.9 Å². The fourth-order valence-corrected chi connectivity index (χ4v) is 3.87. The Morgan fingerprint density at radius 3 is 2.68 bits per heavy atom. The molecule has 2 fully saturated rings. The smallest absolute Gasteiger partial charge is 0.257 e. The molecule has 1 unspecified atom stereocenters. The molecule has 1 aromatic carbocycles. The van der Waals surface area contributed by atoms with Gasteiger partial charge in [-0.2, -0.15) is 0 Å². The number of piperidine rings is 1. The second-order valence-electron chi connectivity index (χ2n) is 6.94. The number of hydrogen-bond acceptors (Lipinski definition) is 4. The SMILES string of the molecule is CCOc1c(F)cccc1C(=O)N1CCN(C2CCCN(C)C2)CC1. The Bertz CT molecular complexity index is 602. The normalized spacial score (nSPS) is 22.8. The number of likely N-dealkylation sites (N-methyl/N-ethyl adjacent to an activating group) is 1. The molecule has 1 aromatic rings. The number of halogens is 1. The van der Waals surface area contributed by atoms with Crippen LogP contribution in [0.5, 0.6) is 5.75 Å². The Balaban J connectivity index is 1.63. The molecule has 2 aliphatic heterocycles. The van der Waals surface area contributed by atoms with Crippen molar-refractivity contribution in [1.29, 1.82) is 0 Å². The highest BCUT2D eigenvalue weighted by atomic mass is 19.1. The zero-order chi connectivity index (χ0) is 17.8. The van der Waals surface area contributed by atoms with E-state index in [9.17, 15) is 9.18 Å². The number of para-hydroxylation sites is 1. The van der Waals surface area contributed by atoms with E-state index in [4.69, 9.17) is 4.74 Å². The van der Waals surface area contributed by atoms with Crippen LogP contribution in [0.15, 0.2) is 18.2 Å². The topological polar surface area (TPSA) is 36.0 Å². The van der Waals surface area contributed by atoms with Crippen LogP contribution in [0.3, 0.4) is 0 Å². The third-order valence-electron chi connectivity index (χ3n) is 5.20. The molecule has 1 amide bonds. The first-order chi connectivity index (χ1) is 12.1. The van der Waals surface area contributed by atoms with Crippen molar-refractivity contribution in [2.24, 2.45) is 0 Å². The van der Waals surface area contributed by atoms with E-state index in [2.05, 4.69) is 16.8 Å². The third-order valence-corrected chi connectivity index (χ3v) is 5.20. The zero-order valence-corrected chi connectivity index (χ0v) is 15.2. The Hall–Kier alpha value is -1.66. The molecule has 1 atom stereocenters. The van der Waals surface area contributed by atoms with Crippen LogP contribution in [-0.2, 0) is 0 Å². The molecule has 0 bridgehead atoms. The van der Waals surface area contributed by atoms with Gasteiger partial charge in [-0.25, -0.2) is 4.39 Å². The first-order valence-corrected chi connectivity index (χ1v) is 9.23. The highest BCUT2D eigenvalue weighted by molar-refractivity contribution is 5.97. The fourth-order valence-electron chi connectivity index (χ4n) is 3.87. The average Bonchev–Trinajstić information content (AvgIpc) is 2.63. The minimum Gasteiger partial charge on any atom is -0.490 e. The largest absolute Gasteiger partial charge is 0.490 e. The Kier molecular flexibility index (Phi) is 5.91. The van der Waals surface area contributed by atoms with Gasteiger partial charge in [0.1, 0.15) is 0 Å². The summed E-state index contributed by atoms with van der Waals surface area (Å²) in [6, 6.07) is 5.14. The lowest BCUT2D eigenvalue weighted by Crippen LogP contribution is -2.55. The van der Waals surface area contributed by atoms with E-state index in [-0.39, 0.29) is 11.7 Å². The molecule has 5 nitrogen and oxygen atoms in total. The van der Waals surface area contributed by atoms with Crippen molar-refractivity contribution < 1.29 is 13.9 Å². The molecule has 6 heteroatoms. The first kappa shape index (κ1) is 18.1. The Morgan fingerprint density at radius 2 is 2.00 bits per heavy atom. The molecule has 0 spiro atoms. The Morgan fingerprint density at radius 1 is 1.24 bits per heavy atom. The third kappa shape index (κ3) is 4.12. The lowest BCUT2D eigenvalue weighted by Gasteiger charge is -2.42. The lowest BCUT2D eigenvalue weighted by atomic mass is 10.0. The van der Waals surface area contributed by atoms with Gasteiger partial charge in [0.2, 0.25) is 0 Å². The van der Waals surface area contributed by atoms with Crippen LogP contribution < -0.4 is 4.74 Å². The van der Waals surface area contributed by atoms with Gasteiger partial charge in [0.15, 0.2) is 11.6 Å². The molecule has 2 saturated heterocycles. The number of rotatable bonds is 4. The van der Waals surface area contributed by atoms with E-state index in [0.717, 1.165) is 19.6 Å². The number of piperazine rings is 1. The van der Waals surface area contributed by atoms with E-state index in [1.807, 2.05) is 4.90 Å². The summed E-state index contributed by atoms with van der Waals surface area (Å²) in [5.41, 5.74) is 0.327. The number of carbonyl (C=O) groups excluding carboxylic acids is 1. The summed E-state index contributed by atoms with van der Waals surface area (Å²) in [4.78, 5) is 19.5. The number of nitrogens with zero attached hydrogens (tertiary/aromatic N) is 3. The summed E-state index contributed by atoms with van der Waals surface area (Å²) in [7, 11) is 2.17. The molecular weight excluding hydrogens is 321 g/mol. The van der Waals surface area contributed by atoms with Gasteiger partial charge in [-0.3, -0.25) is 9.69 Å². The molecule has 0 radical (unpaired) electrons. The predicted molar refractivity (Wildman–Crippen MR) is 95.6 cm³/mol. The summed E-state index contributed by atoms with van der Waals surface area (Å²) in [6.45, 7) is 7.53. The molecule has 2 heterocycles. The maximum Gasteiger partial charge on any atom is 0.257 e. The second kappa shape index (κ2) is 8.15. The number of ether oxygens (including phenoxy) is 1. The number of carbonyl (C=O) groups is 1. The molecule has 0 aromatic heterocycles. The van der Waals surface area contributed by atoms with E-state index >= 15 is 0 Å². The molecule has 0 aliphatic carbocycles. The number of benzene rings is 1. The van der Waals surface area contributed by atoms with Crippen LogP contribution in [0.25, 0.3) is 0 Å². The van der Waals surface area contributed by atoms with Gasteiger partial charge in [-0.15, -0.1) is 0 Å². The minimum atomic E-state index is -0.475. The van der Waals surface area contributed by atoms with Gasteiger partial charge in [-0.05, 0) is 45.5 Å². The highest BCUT2D eigenvalue weighted by Crippen LogP contribution is 2.25. The van der Waals surface area contributed by atoms with Crippen LogP contribution >= 0.6 is 0 Å². The summed E-state index contributed by atoms with van der Waals surface area (Å²) in [5.74, 6) is -0.536. The van der Waals surface area contributed by atoms with Crippen LogP contribution in [0.1, 0.15) is 30.1 Å². The summed E-state index contributed by atoms with van der Waals surface area (Å²) < 4.78 is 19.4. The van der Waals surface area contributed by atoms with Gasteiger partial charge in [0.05, 0.1) is 12.2 Å². The second-order valence-corrected chi connectivity index (χ2v) is 6.94. The van der Waals surface area contributed by atoms with E-state index in [0.29, 0.717) is 31.3 Å². The standard InChI is InChI=1S/C19H28FN3O2/c1-3-25-18-16(7-4-8-17(18)20)19(24)23-12-10-22(11-13-23)15-6-5-9-21(2)14-15/h4,7-8,15H,3,5-6,9-14H2,1-2H3. The van der Waals surface area contributed by atoms with E-state index in [1.165, 1.54) is 25.5 Å². The van der Waals surface area contributed by atoms with Crippen molar-refractivity contribution in [2.45, 2.75) is 25.8 Å². The fraction of sp³-hybridized carbons (Fsp3) is 0.632. The highest BCUT2D eigenvalue weighted by Gasteiger charge is 2.30. The van der Waals surface area contributed by atoms with Crippen molar-refractivity contribution in [1.82, 2.24) is 14.7 Å². The van der Waals surface area contributed by atoms with Crippen molar-refractivity contribution >= 4 is 5.91 Å². The van der Waals surface area contributed by atoms with Gasteiger partial charge < -0.3 is 14.5 Å². The van der Waals surface area contributed by atoms with E-state index < -0.39 is 5.82 Å². The number of likely N-dealkylation sites (tertiary alicyclic amines) is 1. The van der Waals surface area contributed by atoms with Gasteiger partial charge >= 0.3 is 0 Å². The molecule has 0 saturated carbocycles. The number of amides is 1. The first-order valence-electron chi connectivity index (χ1n) is 9.23. The van der Waals surface area contributed by atoms with Crippen molar-refractivity contribution in [3.63, 3.8) is 0 Å². The summed E-state index contributed by atoms with van der Waals surface area (Å²) in [5, 5.41) is 0. The monoisotopic (exact) mass is 349 g/mol.